The maximum atomic E-state index is 12.6. The molecule has 1 saturated heterocycles. The second-order valence-electron chi connectivity index (χ2n) is 7.28. The molecule has 1 amide bonds. The van der Waals surface area contributed by atoms with Crippen molar-refractivity contribution in [2.24, 2.45) is 12.0 Å². The summed E-state index contributed by atoms with van der Waals surface area (Å²) in [5, 5.41) is 7.54. The number of hydrogen-bond acceptors (Lipinski definition) is 4. The third-order valence-corrected chi connectivity index (χ3v) is 5.31. The summed E-state index contributed by atoms with van der Waals surface area (Å²) in [6, 6.07) is 8.59. The zero-order valence-electron chi connectivity index (χ0n) is 17.0. The van der Waals surface area contributed by atoms with E-state index < -0.39 is 0 Å². The maximum absolute atomic E-state index is 12.6. The van der Waals surface area contributed by atoms with Gasteiger partial charge in [-0.25, -0.2) is 0 Å². The van der Waals surface area contributed by atoms with E-state index in [1.165, 1.54) is 11.3 Å². The number of anilines is 2. The van der Waals surface area contributed by atoms with E-state index in [9.17, 15) is 4.79 Å². The van der Waals surface area contributed by atoms with Gasteiger partial charge in [0.25, 0.3) is 0 Å². The standard InChI is InChI=1S/C21H27N7O/c1-22-21(23-13-17-5-7-18(8-6-17)26-9-3-4-10-26)27-11-12-28(20(29)16-27)19-14-24-25(2)15-19/h3-8,14-15H,9-13,16H2,1-2H3,(H,22,23). The predicted octanol–water partition coefficient (Wildman–Crippen LogP) is 1.22. The fraction of sp³-hybridized carbons (Fsp3) is 0.381. The molecular weight excluding hydrogens is 366 g/mol. The second kappa shape index (κ2) is 8.38. The van der Waals surface area contributed by atoms with E-state index in [0.717, 1.165) is 31.3 Å². The second-order valence-corrected chi connectivity index (χ2v) is 7.28. The lowest BCUT2D eigenvalue weighted by Crippen LogP contribution is -2.55. The van der Waals surface area contributed by atoms with E-state index in [4.69, 9.17) is 0 Å². The zero-order chi connectivity index (χ0) is 20.2. The Hall–Kier alpha value is -3.29. The average Bonchev–Trinajstić information content (AvgIpc) is 3.41. The van der Waals surface area contributed by atoms with Crippen molar-refractivity contribution >= 4 is 23.2 Å². The lowest BCUT2D eigenvalue weighted by atomic mass is 10.2. The van der Waals surface area contributed by atoms with E-state index in [1.54, 1.807) is 22.8 Å². The minimum Gasteiger partial charge on any atom is -0.364 e. The molecule has 4 rings (SSSR count). The van der Waals surface area contributed by atoms with Crippen molar-refractivity contribution in [3.8, 4) is 0 Å². The summed E-state index contributed by atoms with van der Waals surface area (Å²) in [6.07, 6.45) is 7.97. The molecular formula is C21H27N7O. The Balaban J connectivity index is 1.32. The molecule has 8 nitrogen and oxygen atoms in total. The minimum atomic E-state index is 0.0516. The number of amides is 1. The SMILES string of the molecule is CN=C(NCc1ccc(N2CC=CC2)cc1)N1CCN(c2cnn(C)c2)C(=O)C1. The molecule has 2 aliphatic heterocycles. The first-order valence-corrected chi connectivity index (χ1v) is 9.87. The number of carbonyl (C=O) groups is 1. The number of aromatic nitrogens is 2. The van der Waals surface area contributed by atoms with Crippen molar-refractivity contribution in [2.75, 3.05) is 49.6 Å². The summed E-state index contributed by atoms with van der Waals surface area (Å²) in [7, 11) is 3.61. The van der Waals surface area contributed by atoms with Crippen molar-refractivity contribution in [2.45, 2.75) is 6.54 Å². The number of aliphatic imine (C=N–C) groups is 1. The smallest absolute Gasteiger partial charge is 0.246 e. The van der Waals surface area contributed by atoms with Gasteiger partial charge in [-0.3, -0.25) is 14.5 Å². The Kier molecular flexibility index (Phi) is 5.50. The molecule has 1 N–H and O–H groups in total. The van der Waals surface area contributed by atoms with Gasteiger partial charge < -0.3 is 20.0 Å². The molecule has 2 aliphatic rings. The van der Waals surface area contributed by atoms with E-state index in [2.05, 4.69) is 56.7 Å². The largest absolute Gasteiger partial charge is 0.364 e. The van der Waals surface area contributed by atoms with Crippen LogP contribution in [0, 0.1) is 0 Å². The highest BCUT2D eigenvalue weighted by molar-refractivity contribution is 5.98. The highest BCUT2D eigenvalue weighted by Crippen LogP contribution is 2.18. The molecule has 0 atom stereocenters. The number of hydrogen-bond donors (Lipinski definition) is 1. The first kappa shape index (κ1) is 19.0. The van der Waals surface area contributed by atoms with E-state index in [1.807, 2.05) is 18.1 Å². The van der Waals surface area contributed by atoms with Crippen LogP contribution in [0.15, 0.2) is 53.8 Å². The monoisotopic (exact) mass is 393 g/mol. The Morgan fingerprint density at radius 1 is 1.14 bits per heavy atom. The van der Waals surface area contributed by atoms with Crippen molar-refractivity contribution in [3.63, 3.8) is 0 Å². The fourth-order valence-corrected chi connectivity index (χ4v) is 3.70. The Morgan fingerprint density at radius 2 is 1.90 bits per heavy atom. The summed E-state index contributed by atoms with van der Waals surface area (Å²) in [6.45, 7) is 4.26. The molecule has 3 heterocycles. The van der Waals surface area contributed by atoms with Gasteiger partial charge in [0, 0.05) is 58.7 Å². The molecule has 0 unspecified atom stereocenters. The number of piperazine rings is 1. The van der Waals surface area contributed by atoms with E-state index >= 15 is 0 Å². The van der Waals surface area contributed by atoms with Crippen LogP contribution >= 0.6 is 0 Å². The van der Waals surface area contributed by atoms with Gasteiger partial charge in [-0.05, 0) is 17.7 Å². The van der Waals surface area contributed by atoms with Crippen molar-refractivity contribution in [1.82, 2.24) is 20.0 Å². The molecule has 0 aliphatic carbocycles. The average molecular weight is 393 g/mol. The fourth-order valence-electron chi connectivity index (χ4n) is 3.70. The molecule has 0 spiro atoms. The van der Waals surface area contributed by atoms with Gasteiger partial charge in [-0.1, -0.05) is 24.3 Å². The van der Waals surface area contributed by atoms with Crippen LogP contribution in [0.4, 0.5) is 11.4 Å². The highest BCUT2D eigenvalue weighted by Gasteiger charge is 2.27. The molecule has 0 radical (unpaired) electrons. The maximum Gasteiger partial charge on any atom is 0.246 e. The molecule has 0 saturated carbocycles. The van der Waals surface area contributed by atoms with Crippen molar-refractivity contribution in [1.29, 1.82) is 0 Å². The third-order valence-electron chi connectivity index (χ3n) is 5.31. The molecule has 152 valence electrons. The Bertz CT molecular complexity index is 907. The zero-order valence-corrected chi connectivity index (χ0v) is 17.0. The first-order valence-electron chi connectivity index (χ1n) is 9.87. The Labute approximate surface area is 171 Å². The topological polar surface area (TPSA) is 69.0 Å². The lowest BCUT2D eigenvalue weighted by Gasteiger charge is -2.35. The number of nitrogens with one attached hydrogen (secondary N) is 1. The van der Waals surface area contributed by atoms with Gasteiger partial charge in [0.2, 0.25) is 5.91 Å². The summed E-state index contributed by atoms with van der Waals surface area (Å²) in [4.78, 5) is 23.1. The van der Waals surface area contributed by atoms with Crippen LogP contribution in [0.2, 0.25) is 0 Å². The minimum absolute atomic E-state index is 0.0516. The van der Waals surface area contributed by atoms with Crippen LogP contribution in [0.3, 0.4) is 0 Å². The third kappa shape index (κ3) is 4.26. The van der Waals surface area contributed by atoms with Crippen molar-refractivity contribution < 1.29 is 4.79 Å². The van der Waals surface area contributed by atoms with Crippen LogP contribution in [0.25, 0.3) is 0 Å². The van der Waals surface area contributed by atoms with Gasteiger partial charge >= 0.3 is 0 Å². The molecule has 2 aromatic rings. The van der Waals surface area contributed by atoms with E-state index in [-0.39, 0.29) is 5.91 Å². The molecule has 0 bridgehead atoms. The predicted molar refractivity (Wildman–Crippen MR) is 115 cm³/mol. The molecule has 1 aromatic heterocycles. The summed E-state index contributed by atoms with van der Waals surface area (Å²) in [5.41, 5.74) is 3.26. The van der Waals surface area contributed by atoms with Gasteiger partial charge in [0.1, 0.15) is 6.54 Å². The number of benzene rings is 1. The number of aryl methyl sites for hydroxylation is 1. The van der Waals surface area contributed by atoms with Crippen LogP contribution in [-0.2, 0) is 18.4 Å². The highest BCUT2D eigenvalue weighted by atomic mass is 16.2. The summed E-state index contributed by atoms with van der Waals surface area (Å²) >= 11 is 0. The molecule has 1 fully saturated rings. The molecule has 1 aromatic carbocycles. The van der Waals surface area contributed by atoms with Gasteiger partial charge in [0.05, 0.1) is 11.9 Å². The van der Waals surface area contributed by atoms with Crippen LogP contribution in [0.1, 0.15) is 5.56 Å². The normalized spacial score (nSPS) is 17.4. The van der Waals surface area contributed by atoms with Gasteiger partial charge in [-0.15, -0.1) is 0 Å². The Morgan fingerprint density at radius 3 is 2.52 bits per heavy atom. The number of carbonyl (C=O) groups excluding carboxylic acids is 1. The summed E-state index contributed by atoms with van der Waals surface area (Å²) < 4.78 is 1.71. The van der Waals surface area contributed by atoms with Crippen molar-refractivity contribution in [3.05, 3.63) is 54.4 Å². The van der Waals surface area contributed by atoms with E-state index in [0.29, 0.717) is 19.6 Å². The lowest BCUT2D eigenvalue weighted by molar-refractivity contribution is -0.120. The molecule has 8 heteroatoms. The first-order chi connectivity index (χ1) is 14.1. The van der Waals surface area contributed by atoms with Crippen LogP contribution in [0.5, 0.6) is 0 Å². The van der Waals surface area contributed by atoms with Crippen LogP contribution in [-0.4, -0.2) is 66.3 Å². The quantitative estimate of drug-likeness (QED) is 0.481. The number of rotatable bonds is 4. The number of guanidine groups is 1. The number of nitrogens with zero attached hydrogens (tertiary/aromatic N) is 6. The summed E-state index contributed by atoms with van der Waals surface area (Å²) in [5.74, 6) is 0.799. The van der Waals surface area contributed by atoms with Gasteiger partial charge in [0.15, 0.2) is 5.96 Å². The van der Waals surface area contributed by atoms with Crippen LogP contribution < -0.4 is 15.1 Å². The van der Waals surface area contributed by atoms with Gasteiger partial charge in [-0.2, -0.15) is 5.10 Å². The molecule has 29 heavy (non-hydrogen) atoms.